The lowest BCUT2D eigenvalue weighted by atomic mass is 9.93. The monoisotopic (exact) mass is 262 g/mol. The van der Waals surface area contributed by atoms with Crippen LogP contribution in [0.1, 0.15) is 32.2 Å². The number of anilines is 3. The van der Waals surface area contributed by atoms with Gasteiger partial charge in [-0.3, -0.25) is 0 Å². The molecule has 0 amide bonds. The van der Waals surface area contributed by atoms with Gasteiger partial charge in [0.05, 0.1) is 17.1 Å². The molecular formula is C13H18N4S. The maximum absolute atomic E-state index is 5.74. The molecule has 96 valence electrons. The maximum atomic E-state index is 5.74. The van der Waals surface area contributed by atoms with Crippen LogP contribution >= 0.6 is 11.3 Å². The minimum absolute atomic E-state index is 0.0703. The standard InChI is InChI=1S/C13H18N4S/c1-8-9(14)5-6-11(15-8)17-12-16-10(7-18-12)13(2,3)4/h5-7H,14H2,1-4H3,(H,15,16,17). The summed E-state index contributed by atoms with van der Waals surface area (Å²) in [5, 5.41) is 6.14. The van der Waals surface area contributed by atoms with Gasteiger partial charge in [-0.1, -0.05) is 20.8 Å². The van der Waals surface area contributed by atoms with E-state index in [1.54, 1.807) is 11.3 Å². The van der Waals surface area contributed by atoms with Gasteiger partial charge in [0.1, 0.15) is 5.82 Å². The van der Waals surface area contributed by atoms with Crippen molar-refractivity contribution in [3.63, 3.8) is 0 Å². The van der Waals surface area contributed by atoms with E-state index in [1.165, 1.54) is 0 Å². The lowest BCUT2D eigenvalue weighted by Crippen LogP contribution is -2.11. The molecule has 0 aliphatic carbocycles. The number of hydrogen-bond acceptors (Lipinski definition) is 5. The highest BCUT2D eigenvalue weighted by Gasteiger charge is 2.17. The fourth-order valence-electron chi connectivity index (χ4n) is 1.43. The number of nitrogens with one attached hydrogen (secondary N) is 1. The summed E-state index contributed by atoms with van der Waals surface area (Å²) in [5.74, 6) is 0.775. The zero-order valence-electron chi connectivity index (χ0n) is 11.1. The molecule has 2 aromatic rings. The summed E-state index contributed by atoms with van der Waals surface area (Å²) in [6.45, 7) is 8.34. The molecule has 0 radical (unpaired) electrons. The molecule has 0 fully saturated rings. The van der Waals surface area contributed by atoms with Crippen LogP contribution in [0.15, 0.2) is 17.5 Å². The quantitative estimate of drug-likeness (QED) is 0.869. The fourth-order valence-corrected chi connectivity index (χ4v) is 2.37. The highest BCUT2D eigenvalue weighted by atomic mass is 32.1. The van der Waals surface area contributed by atoms with Crippen LogP contribution in [0.3, 0.4) is 0 Å². The molecule has 2 rings (SSSR count). The Bertz CT molecular complexity index is 554. The Balaban J connectivity index is 2.19. The molecular weight excluding hydrogens is 244 g/mol. The number of nitrogen functional groups attached to an aromatic ring is 1. The van der Waals surface area contributed by atoms with Gasteiger partial charge in [0.15, 0.2) is 5.13 Å². The fraction of sp³-hybridized carbons (Fsp3) is 0.385. The van der Waals surface area contributed by atoms with Crippen molar-refractivity contribution in [3.05, 3.63) is 28.9 Å². The molecule has 0 aliphatic heterocycles. The number of thiazole rings is 1. The lowest BCUT2D eigenvalue weighted by molar-refractivity contribution is 0.573. The molecule has 0 bridgehead atoms. The second kappa shape index (κ2) is 4.57. The molecule has 0 saturated carbocycles. The summed E-state index contributed by atoms with van der Waals surface area (Å²) in [6.07, 6.45) is 0. The summed E-state index contributed by atoms with van der Waals surface area (Å²) in [7, 11) is 0. The average Bonchev–Trinajstić information content (AvgIpc) is 2.72. The maximum Gasteiger partial charge on any atom is 0.188 e. The molecule has 2 heterocycles. The van der Waals surface area contributed by atoms with Crippen molar-refractivity contribution in [2.75, 3.05) is 11.1 Å². The summed E-state index contributed by atoms with van der Waals surface area (Å²) in [4.78, 5) is 8.94. The summed E-state index contributed by atoms with van der Waals surface area (Å²) < 4.78 is 0. The first-order valence-electron chi connectivity index (χ1n) is 5.82. The van der Waals surface area contributed by atoms with E-state index in [4.69, 9.17) is 5.73 Å². The minimum Gasteiger partial charge on any atom is -0.397 e. The van der Waals surface area contributed by atoms with Gasteiger partial charge in [0, 0.05) is 10.8 Å². The third kappa shape index (κ3) is 2.79. The predicted molar refractivity (Wildman–Crippen MR) is 77.5 cm³/mol. The molecule has 0 aromatic carbocycles. The van der Waals surface area contributed by atoms with E-state index in [1.807, 2.05) is 19.1 Å². The van der Waals surface area contributed by atoms with Crippen LogP contribution < -0.4 is 11.1 Å². The third-order valence-corrected chi connectivity index (χ3v) is 3.39. The molecule has 0 saturated heterocycles. The van der Waals surface area contributed by atoms with Gasteiger partial charge < -0.3 is 11.1 Å². The zero-order valence-corrected chi connectivity index (χ0v) is 11.9. The van der Waals surface area contributed by atoms with Crippen molar-refractivity contribution in [1.82, 2.24) is 9.97 Å². The molecule has 0 aliphatic rings. The van der Waals surface area contributed by atoms with E-state index in [0.717, 1.165) is 22.3 Å². The number of pyridine rings is 1. The van der Waals surface area contributed by atoms with Gasteiger partial charge in [0.25, 0.3) is 0 Å². The van der Waals surface area contributed by atoms with Gasteiger partial charge in [-0.05, 0) is 19.1 Å². The summed E-state index contributed by atoms with van der Waals surface area (Å²) >= 11 is 1.59. The predicted octanol–water partition coefficient (Wildman–Crippen LogP) is 3.47. The molecule has 0 atom stereocenters. The Morgan fingerprint density at radius 3 is 2.50 bits per heavy atom. The smallest absolute Gasteiger partial charge is 0.188 e. The number of nitrogens with two attached hydrogens (primary N) is 1. The molecule has 4 nitrogen and oxygen atoms in total. The molecule has 0 unspecified atom stereocenters. The number of rotatable bonds is 2. The lowest BCUT2D eigenvalue weighted by Gasteiger charge is -2.14. The normalized spacial score (nSPS) is 11.6. The Morgan fingerprint density at radius 2 is 1.94 bits per heavy atom. The Labute approximate surface area is 111 Å². The first-order chi connectivity index (χ1) is 8.36. The van der Waals surface area contributed by atoms with Crippen molar-refractivity contribution < 1.29 is 0 Å². The number of nitrogens with zero attached hydrogens (tertiary/aromatic N) is 2. The van der Waals surface area contributed by atoms with Crippen molar-refractivity contribution in [2.45, 2.75) is 33.1 Å². The Kier molecular flexibility index (Phi) is 3.26. The number of aryl methyl sites for hydroxylation is 1. The van der Waals surface area contributed by atoms with E-state index in [0.29, 0.717) is 5.69 Å². The minimum atomic E-state index is 0.0703. The third-order valence-electron chi connectivity index (χ3n) is 2.63. The van der Waals surface area contributed by atoms with E-state index in [-0.39, 0.29) is 5.41 Å². The van der Waals surface area contributed by atoms with E-state index >= 15 is 0 Å². The van der Waals surface area contributed by atoms with E-state index in [9.17, 15) is 0 Å². The number of hydrogen-bond donors (Lipinski definition) is 2. The SMILES string of the molecule is Cc1nc(Nc2nc(C(C)(C)C)cs2)ccc1N. The highest BCUT2D eigenvalue weighted by Crippen LogP contribution is 2.28. The van der Waals surface area contributed by atoms with Crippen LogP contribution in [0.25, 0.3) is 0 Å². The summed E-state index contributed by atoms with van der Waals surface area (Å²) in [5.41, 5.74) is 8.43. The Hall–Kier alpha value is -1.62. The van der Waals surface area contributed by atoms with Gasteiger partial charge in [0.2, 0.25) is 0 Å². The molecule has 3 N–H and O–H groups in total. The van der Waals surface area contributed by atoms with E-state index in [2.05, 4.69) is 41.4 Å². The van der Waals surface area contributed by atoms with Crippen molar-refractivity contribution in [2.24, 2.45) is 0 Å². The van der Waals surface area contributed by atoms with Crippen molar-refractivity contribution in [3.8, 4) is 0 Å². The van der Waals surface area contributed by atoms with Gasteiger partial charge >= 0.3 is 0 Å². The topological polar surface area (TPSA) is 63.8 Å². The second-order valence-electron chi connectivity index (χ2n) is 5.28. The highest BCUT2D eigenvalue weighted by molar-refractivity contribution is 7.13. The second-order valence-corrected chi connectivity index (χ2v) is 6.14. The number of aromatic nitrogens is 2. The van der Waals surface area contributed by atoms with E-state index < -0.39 is 0 Å². The van der Waals surface area contributed by atoms with Crippen LogP contribution in [-0.2, 0) is 5.41 Å². The van der Waals surface area contributed by atoms with Crippen LogP contribution in [0.2, 0.25) is 0 Å². The first-order valence-corrected chi connectivity index (χ1v) is 6.70. The van der Waals surface area contributed by atoms with Gasteiger partial charge in [-0.15, -0.1) is 11.3 Å². The molecule has 0 spiro atoms. The average molecular weight is 262 g/mol. The summed E-state index contributed by atoms with van der Waals surface area (Å²) in [6, 6.07) is 3.71. The van der Waals surface area contributed by atoms with Crippen LogP contribution in [0.5, 0.6) is 0 Å². The van der Waals surface area contributed by atoms with Crippen LogP contribution in [0, 0.1) is 6.92 Å². The largest absolute Gasteiger partial charge is 0.397 e. The molecule has 5 heteroatoms. The molecule has 18 heavy (non-hydrogen) atoms. The van der Waals surface area contributed by atoms with Crippen molar-refractivity contribution >= 4 is 28.0 Å². The Morgan fingerprint density at radius 1 is 1.22 bits per heavy atom. The van der Waals surface area contributed by atoms with Crippen LogP contribution in [0.4, 0.5) is 16.6 Å². The van der Waals surface area contributed by atoms with Gasteiger partial charge in [-0.25, -0.2) is 9.97 Å². The molecule has 2 aromatic heterocycles. The first kappa shape index (κ1) is 12.8. The zero-order chi connectivity index (χ0) is 13.3. The van der Waals surface area contributed by atoms with Crippen molar-refractivity contribution in [1.29, 1.82) is 0 Å². The van der Waals surface area contributed by atoms with Gasteiger partial charge in [-0.2, -0.15) is 0 Å². The van der Waals surface area contributed by atoms with Crippen LogP contribution in [-0.4, -0.2) is 9.97 Å².